The van der Waals surface area contributed by atoms with Gasteiger partial charge in [0.15, 0.2) is 0 Å². The second-order valence-corrected chi connectivity index (χ2v) is 19.6. The van der Waals surface area contributed by atoms with Gasteiger partial charge in [-0.2, -0.15) is 0 Å². The quantitative estimate of drug-likeness (QED) is 0.156. The minimum Gasteiger partial charge on any atom is -0.309 e. The first-order valence-corrected chi connectivity index (χ1v) is 24.6. The maximum atomic E-state index is 5.16. The lowest BCUT2D eigenvalue weighted by molar-refractivity contribution is 0.660. The van der Waals surface area contributed by atoms with Crippen LogP contribution in [0, 0.1) is 0 Å². The second kappa shape index (κ2) is 16.0. The molecule has 0 bridgehead atoms. The topological polar surface area (TPSA) is 22.8 Å². The Hall–Kier alpha value is -9.05. The summed E-state index contributed by atoms with van der Waals surface area (Å²) in [4.78, 5) is 5.16. The molecule has 334 valence electrons. The van der Waals surface area contributed by atoms with Gasteiger partial charge in [-0.15, -0.1) is 0 Å². The summed E-state index contributed by atoms with van der Waals surface area (Å²) < 4.78 is 4.83. The third-order valence-electron chi connectivity index (χ3n) is 15.1. The summed E-state index contributed by atoms with van der Waals surface area (Å²) >= 11 is 0. The van der Waals surface area contributed by atoms with Gasteiger partial charge in [0.2, 0.25) is 0 Å². The summed E-state index contributed by atoms with van der Waals surface area (Å²) in [6, 6.07) is 90.9. The van der Waals surface area contributed by atoms with E-state index < -0.39 is 0 Å². The van der Waals surface area contributed by atoms with Crippen molar-refractivity contribution in [2.24, 2.45) is 0 Å². The van der Waals surface area contributed by atoms with E-state index in [9.17, 15) is 0 Å². The molecule has 0 saturated heterocycles. The van der Waals surface area contributed by atoms with Gasteiger partial charge < -0.3 is 9.13 Å². The van der Waals surface area contributed by atoms with Crippen LogP contribution in [0.25, 0.3) is 122 Å². The van der Waals surface area contributed by atoms with Crippen LogP contribution in [0.5, 0.6) is 0 Å². The van der Waals surface area contributed by atoms with Gasteiger partial charge in [-0.25, -0.2) is 4.98 Å². The molecule has 3 heterocycles. The Morgan fingerprint density at radius 1 is 0.282 bits per heavy atom. The normalized spacial score (nSPS) is 12.8. The van der Waals surface area contributed by atoms with E-state index in [0.717, 1.165) is 28.1 Å². The minimum absolute atomic E-state index is 0.223. The van der Waals surface area contributed by atoms with Crippen LogP contribution >= 0.6 is 0 Å². The molecule has 0 N–H and O–H groups in total. The lowest BCUT2D eigenvalue weighted by Crippen LogP contribution is -2.15. The van der Waals surface area contributed by atoms with Crippen LogP contribution < -0.4 is 0 Å². The van der Waals surface area contributed by atoms with E-state index >= 15 is 0 Å². The Morgan fingerprint density at radius 2 is 0.690 bits per heavy atom. The molecule has 71 heavy (non-hydrogen) atoms. The second-order valence-electron chi connectivity index (χ2n) is 19.6. The van der Waals surface area contributed by atoms with Gasteiger partial charge >= 0.3 is 0 Å². The van der Waals surface area contributed by atoms with Gasteiger partial charge in [-0.1, -0.05) is 184 Å². The maximum Gasteiger partial charge on any atom is 0.0715 e. The summed E-state index contributed by atoms with van der Waals surface area (Å²) in [6.45, 7) is 4.77. The Kier molecular flexibility index (Phi) is 9.24. The molecule has 3 nitrogen and oxygen atoms in total. The summed E-state index contributed by atoms with van der Waals surface area (Å²) in [5.41, 5.74) is 23.6. The zero-order valence-corrected chi connectivity index (χ0v) is 39.5. The van der Waals surface area contributed by atoms with Crippen LogP contribution in [0.2, 0.25) is 0 Å². The van der Waals surface area contributed by atoms with Gasteiger partial charge in [0, 0.05) is 49.5 Å². The van der Waals surface area contributed by atoms with Crippen LogP contribution in [0.1, 0.15) is 25.0 Å². The molecule has 3 heteroatoms. The van der Waals surface area contributed by atoms with Crippen LogP contribution in [0.15, 0.2) is 249 Å². The predicted octanol–water partition coefficient (Wildman–Crippen LogP) is 17.9. The fourth-order valence-corrected chi connectivity index (χ4v) is 11.5. The molecule has 0 aliphatic heterocycles. The zero-order chi connectivity index (χ0) is 47.2. The van der Waals surface area contributed by atoms with Crippen LogP contribution in [0.4, 0.5) is 0 Å². The molecule has 14 rings (SSSR count). The Labute approximate surface area is 413 Å². The fraction of sp³-hybridized carbons (Fsp3) is 0.0441. The highest BCUT2D eigenvalue weighted by molar-refractivity contribution is 6.12. The van der Waals surface area contributed by atoms with Gasteiger partial charge in [0.05, 0.1) is 33.5 Å². The van der Waals surface area contributed by atoms with Crippen LogP contribution in [0.3, 0.4) is 0 Å². The molecule has 3 aromatic heterocycles. The zero-order valence-electron chi connectivity index (χ0n) is 39.5. The maximum absolute atomic E-state index is 5.16. The molecule has 0 unspecified atom stereocenters. The SMILES string of the molecule is CC1(C)c2cc(-c3cc(-c4ccccc4)nc(-c4ccccc4)c3)ccc2-c2ccc(-n3c4ccccc4c4cc(-c5ccc(-c6ccc7c(c6)c6ccccc6n7-c6ccccc6)cc5)ccc43)cc21. The van der Waals surface area contributed by atoms with Crippen molar-refractivity contribution in [1.29, 1.82) is 0 Å². The third kappa shape index (κ3) is 6.61. The largest absolute Gasteiger partial charge is 0.309 e. The number of benzene rings is 10. The number of hydrogen-bond acceptors (Lipinski definition) is 1. The van der Waals surface area contributed by atoms with Crippen molar-refractivity contribution in [3.63, 3.8) is 0 Å². The van der Waals surface area contributed by atoms with E-state index in [2.05, 4.69) is 272 Å². The average Bonchev–Trinajstić information content (AvgIpc) is 4.03. The van der Waals surface area contributed by atoms with Crippen molar-refractivity contribution in [3.05, 3.63) is 260 Å². The van der Waals surface area contributed by atoms with Gasteiger partial charge in [-0.05, 0) is 134 Å². The number of fused-ring (bicyclic) bond motifs is 9. The van der Waals surface area contributed by atoms with E-state index in [0.29, 0.717) is 0 Å². The van der Waals surface area contributed by atoms with Crippen molar-refractivity contribution in [2.75, 3.05) is 0 Å². The van der Waals surface area contributed by atoms with Crippen LogP contribution in [-0.2, 0) is 5.41 Å². The molecular formula is C68H47N3. The molecule has 1 aliphatic rings. The van der Waals surface area contributed by atoms with E-state index in [4.69, 9.17) is 4.98 Å². The molecule has 0 radical (unpaired) electrons. The number of hydrogen-bond donors (Lipinski definition) is 0. The van der Waals surface area contributed by atoms with Crippen molar-refractivity contribution >= 4 is 43.6 Å². The minimum atomic E-state index is -0.223. The van der Waals surface area contributed by atoms with Crippen molar-refractivity contribution in [3.8, 4) is 78.4 Å². The predicted molar refractivity (Wildman–Crippen MR) is 298 cm³/mol. The van der Waals surface area contributed by atoms with E-state index in [1.54, 1.807) is 0 Å². The first kappa shape index (κ1) is 41.0. The van der Waals surface area contributed by atoms with Crippen molar-refractivity contribution in [2.45, 2.75) is 19.3 Å². The third-order valence-corrected chi connectivity index (χ3v) is 15.1. The van der Waals surface area contributed by atoms with E-state index in [1.807, 2.05) is 0 Å². The Balaban J connectivity index is 0.805. The molecule has 0 fully saturated rings. The lowest BCUT2D eigenvalue weighted by atomic mass is 9.81. The first-order chi connectivity index (χ1) is 34.9. The van der Waals surface area contributed by atoms with Gasteiger partial charge in [0.25, 0.3) is 0 Å². The smallest absolute Gasteiger partial charge is 0.0715 e. The summed E-state index contributed by atoms with van der Waals surface area (Å²) in [6.07, 6.45) is 0. The molecule has 1 aliphatic carbocycles. The molecular weight excluding hydrogens is 859 g/mol. The highest BCUT2D eigenvalue weighted by Gasteiger charge is 2.36. The number of aromatic nitrogens is 3. The highest BCUT2D eigenvalue weighted by Crippen LogP contribution is 2.51. The highest BCUT2D eigenvalue weighted by atomic mass is 15.0. The molecule has 13 aromatic rings. The lowest BCUT2D eigenvalue weighted by Gasteiger charge is -2.23. The average molecular weight is 906 g/mol. The Morgan fingerprint density at radius 3 is 1.24 bits per heavy atom. The number of nitrogens with zero attached hydrogens (tertiary/aromatic N) is 3. The molecule has 0 spiro atoms. The van der Waals surface area contributed by atoms with Crippen LogP contribution in [-0.4, -0.2) is 14.1 Å². The van der Waals surface area contributed by atoms with E-state index in [1.165, 1.54) is 105 Å². The molecule has 0 saturated carbocycles. The van der Waals surface area contributed by atoms with Gasteiger partial charge in [-0.3, -0.25) is 0 Å². The monoisotopic (exact) mass is 905 g/mol. The van der Waals surface area contributed by atoms with Crippen molar-refractivity contribution < 1.29 is 0 Å². The molecule has 0 amide bonds. The standard InChI is InChI=1S/C68H47N3/c1-68(2)60-40-50(51-41-62(46-16-6-3-7-17-46)69-63(42-51)47-18-8-4-9-19-47)30-34-54(60)55-35-33-53(43-61(55)68)71-65-25-15-13-23-57(65)59-39-49(32-37-67(59)71)45-28-26-44(27-29-45)48-31-36-66-58(38-48)56-22-12-14-24-64(56)70(66)52-20-10-5-11-21-52/h3-43H,1-2H3. The number of pyridine rings is 1. The van der Waals surface area contributed by atoms with E-state index in [-0.39, 0.29) is 5.41 Å². The summed E-state index contributed by atoms with van der Waals surface area (Å²) in [7, 11) is 0. The fourth-order valence-electron chi connectivity index (χ4n) is 11.5. The van der Waals surface area contributed by atoms with Gasteiger partial charge in [0.1, 0.15) is 0 Å². The molecule has 0 atom stereocenters. The number of rotatable bonds is 7. The summed E-state index contributed by atoms with van der Waals surface area (Å²) in [5.74, 6) is 0. The number of para-hydroxylation sites is 3. The summed E-state index contributed by atoms with van der Waals surface area (Å²) in [5, 5.41) is 5.02. The van der Waals surface area contributed by atoms with Crippen molar-refractivity contribution in [1.82, 2.24) is 14.1 Å². The molecule has 10 aromatic carbocycles. The first-order valence-electron chi connectivity index (χ1n) is 24.6. The Bertz CT molecular complexity index is 4160.